The minimum atomic E-state index is -0.532. The number of amides is 1. The topological polar surface area (TPSA) is 84.9 Å². The lowest BCUT2D eigenvalue weighted by atomic mass is 10.0. The van der Waals surface area contributed by atoms with Crippen LogP contribution in [0.3, 0.4) is 0 Å². The van der Waals surface area contributed by atoms with Crippen LogP contribution in [0.1, 0.15) is 33.6 Å². The van der Waals surface area contributed by atoms with Crippen LogP contribution in [-0.4, -0.2) is 65.3 Å². The zero-order chi connectivity index (χ0) is 21.9. The van der Waals surface area contributed by atoms with Crippen LogP contribution in [-0.2, 0) is 14.3 Å². The second-order valence-electron chi connectivity index (χ2n) is 8.27. The zero-order valence-corrected chi connectivity index (χ0v) is 18.5. The third-order valence-electron chi connectivity index (χ3n) is 4.90. The van der Waals surface area contributed by atoms with Gasteiger partial charge in [-0.3, -0.25) is 4.79 Å². The van der Waals surface area contributed by atoms with Gasteiger partial charge in [-0.2, -0.15) is 0 Å². The van der Waals surface area contributed by atoms with Gasteiger partial charge < -0.3 is 19.3 Å². The van der Waals surface area contributed by atoms with Crippen molar-refractivity contribution < 1.29 is 19.1 Å². The minimum Gasteiger partial charge on any atom is -0.468 e. The number of anilines is 1. The van der Waals surface area contributed by atoms with Crippen molar-refractivity contribution in [3.05, 3.63) is 29.5 Å². The van der Waals surface area contributed by atoms with Crippen molar-refractivity contribution in [1.82, 2.24) is 14.9 Å². The summed E-state index contributed by atoms with van der Waals surface area (Å²) in [5, 5.41) is 1.22. The Kier molecular flexibility index (Phi) is 6.65. The molecule has 1 amide bonds. The van der Waals surface area contributed by atoms with Gasteiger partial charge in [0.05, 0.1) is 12.6 Å². The van der Waals surface area contributed by atoms with Crippen molar-refractivity contribution >= 4 is 40.4 Å². The highest BCUT2D eigenvalue weighted by atomic mass is 35.5. The molecule has 0 radical (unpaired) electrons. The molecule has 1 aliphatic rings. The van der Waals surface area contributed by atoms with Gasteiger partial charge in [-0.1, -0.05) is 11.6 Å². The van der Waals surface area contributed by atoms with Crippen LogP contribution in [0.5, 0.6) is 0 Å². The summed E-state index contributed by atoms with van der Waals surface area (Å²) in [6.45, 7) is 6.71. The van der Waals surface area contributed by atoms with Gasteiger partial charge >= 0.3 is 12.1 Å². The van der Waals surface area contributed by atoms with Gasteiger partial charge in [0.15, 0.2) is 0 Å². The van der Waals surface area contributed by atoms with E-state index in [2.05, 4.69) is 4.98 Å². The molecular weight excluding hydrogens is 408 g/mol. The highest BCUT2D eigenvalue weighted by Gasteiger charge is 2.31. The number of esters is 1. The number of methoxy groups -OCH3 is 1. The Morgan fingerprint density at radius 2 is 1.97 bits per heavy atom. The van der Waals surface area contributed by atoms with Gasteiger partial charge in [-0.25, -0.2) is 14.8 Å². The van der Waals surface area contributed by atoms with Crippen LogP contribution < -0.4 is 4.90 Å². The monoisotopic (exact) mass is 434 g/mol. The summed E-state index contributed by atoms with van der Waals surface area (Å²) in [4.78, 5) is 36.8. The van der Waals surface area contributed by atoms with E-state index in [-0.39, 0.29) is 24.6 Å². The minimum absolute atomic E-state index is 0.0324. The van der Waals surface area contributed by atoms with Crippen molar-refractivity contribution in [2.24, 2.45) is 0 Å². The number of nitrogens with zero attached hydrogens (tertiary/aromatic N) is 4. The average molecular weight is 435 g/mol. The number of carbonyl (C=O) groups excluding carboxylic acids is 2. The largest absolute Gasteiger partial charge is 0.468 e. The van der Waals surface area contributed by atoms with E-state index in [1.807, 2.05) is 37.8 Å². The predicted molar refractivity (Wildman–Crippen MR) is 115 cm³/mol. The number of piperidine rings is 1. The number of aromatic nitrogens is 2. The van der Waals surface area contributed by atoms with E-state index in [1.54, 1.807) is 17.2 Å². The Hall–Kier alpha value is -2.61. The van der Waals surface area contributed by atoms with E-state index < -0.39 is 5.60 Å². The van der Waals surface area contributed by atoms with Crippen LogP contribution in [0, 0.1) is 0 Å². The first-order valence-electron chi connectivity index (χ1n) is 9.90. The van der Waals surface area contributed by atoms with Crippen molar-refractivity contribution in [2.75, 3.05) is 31.6 Å². The molecule has 8 nitrogen and oxygen atoms in total. The van der Waals surface area contributed by atoms with E-state index in [0.717, 1.165) is 5.39 Å². The highest BCUT2D eigenvalue weighted by Crippen LogP contribution is 2.26. The fourth-order valence-electron chi connectivity index (χ4n) is 3.43. The van der Waals surface area contributed by atoms with Crippen LogP contribution in [0.15, 0.2) is 24.4 Å². The SMILES string of the molecule is COC(=O)CN(c1ccc2cnc(Cl)cc2n1)C1CCN(C(=O)OC(C)(C)C)CC1. The molecule has 30 heavy (non-hydrogen) atoms. The summed E-state index contributed by atoms with van der Waals surface area (Å²) in [6.07, 6.45) is 2.73. The molecule has 1 saturated heterocycles. The standard InChI is InChI=1S/C21H27ClN4O4/c1-21(2,3)30-20(28)25-9-7-15(8-10-25)26(13-19(27)29-4)18-6-5-14-12-23-17(22)11-16(14)24-18/h5-6,11-12,15H,7-10,13H2,1-4H3. The van der Waals surface area contributed by atoms with Gasteiger partial charge in [0.2, 0.25) is 0 Å². The first-order valence-corrected chi connectivity index (χ1v) is 10.3. The molecule has 0 spiro atoms. The maximum absolute atomic E-state index is 12.3. The molecule has 0 atom stereocenters. The normalized spacial score (nSPS) is 15.2. The van der Waals surface area contributed by atoms with Crippen molar-refractivity contribution in [1.29, 1.82) is 0 Å². The van der Waals surface area contributed by atoms with E-state index in [4.69, 9.17) is 26.1 Å². The molecule has 2 aromatic heterocycles. The molecule has 2 aromatic rings. The van der Waals surface area contributed by atoms with Crippen LogP contribution in [0.4, 0.5) is 10.6 Å². The number of pyridine rings is 2. The quantitative estimate of drug-likeness (QED) is 0.536. The fraction of sp³-hybridized carbons (Fsp3) is 0.524. The third-order valence-corrected chi connectivity index (χ3v) is 5.11. The molecule has 162 valence electrons. The maximum atomic E-state index is 12.3. The lowest BCUT2D eigenvalue weighted by Crippen LogP contribution is -2.49. The Labute approximate surface area is 181 Å². The van der Waals surface area contributed by atoms with Gasteiger partial charge in [0.1, 0.15) is 23.1 Å². The number of rotatable bonds is 4. The van der Waals surface area contributed by atoms with Crippen LogP contribution >= 0.6 is 11.6 Å². The van der Waals surface area contributed by atoms with E-state index in [1.165, 1.54) is 7.11 Å². The Bertz CT molecular complexity index is 923. The van der Waals surface area contributed by atoms with E-state index in [0.29, 0.717) is 42.4 Å². The zero-order valence-electron chi connectivity index (χ0n) is 17.7. The second kappa shape index (κ2) is 9.04. The van der Waals surface area contributed by atoms with Gasteiger partial charge in [0, 0.05) is 36.8 Å². The molecule has 1 fully saturated rings. The number of ether oxygens (including phenoxy) is 2. The predicted octanol–water partition coefficient (Wildman–Crippen LogP) is 3.66. The number of likely N-dealkylation sites (tertiary alicyclic amines) is 1. The molecule has 0 unspecified atom stereocenters. The maximum Gasteiger partial charge on any atom is 0.410 e. The Morgan fingerprint density at radius 3 is 2.60 bits per heavy atom. The first-order chi connectivity index (χ1) is 14.2. The third kappa shape index (κ3) is 5.50. The number of hydrogen-bond donors (Lipinski definition) is 0. The smallest absolute Gasteiger partial charge is 0.410 e. The summed E-state index contributed by atoms with van der Waals surface area (Å²) in [5.41, 5.74) is 0.171. The molecular formula is C21H27ClN4O4. The van der Waals surface area contributed by atoms with Crippen LogP contribution in [0.25, 0.3) is 10.9 Å². The molecule has 0 bridgehead atoms. The molecule has 0 aromatic carbocycles. The summed E-state index contributed by atoms with van der Waals surface area (Å²) in [6, 6.07) is 5.49. The van der Waals surface area contributed by atoms with Gasteiger partial charge in [-0.05, 0) is 45.7 Å². The summed E-state index contributed by atoms with van der Waals surface area (Å²) >= 11 is 6.01. The lowest BCUT2D eigenvalue weighted by molar-refractivity contribution is -0.139. The molecule has 0 N–H and O–H groups in total. The molecule has 0 saturated carbocycles. The van der Waals surface area contributed by atoms with Gasteiger partial charge in [0.25, 0.3) is 0 Å². The lowest BCUT2D eigenvalue weighted by Gasteiger charge is -2.39. The average Bonchev–Trinajstić information content (AvgIpc) is 2.70. The van der Waals surface area contributed by atoms with E-state index >= 15 is 0 Å². The molecule has 1 aliphatic heterocycles. The van der Waals surface area contributed by atoms with Gasteiger partial charge in [-0.15, -0.1) is 0 Å². The first kappa shape index (κ1) is 22.1. The summed E-state index contributed by atoms with van der Waals surface area (Å²) < 4.78 is 10.4. The van der Waals surface area contributed by atoms with E-state index in [9.17, 15) is 9.59 Å². The Morgan fingerprint density at radius 1 is 1.27 bits per heavy atom. The second-order valence-corrected chi connectivity index (χ2v) is 8.66. The van der Waals surface area contributed by atoms with Crippen LogP contribution in [0.2, 0.25) is 5.15 Å². The summed E-state index contributed by atoms with van der Waals surface area (Å²) in [5.74, 6) is 0.310. The number of halogens is 1. The number of carbonyl (C=O) groups is 2. The summed E-state index contributed by atoms with van der Waals surface area (Å²) in [7, 11) is 1.37. The van der Waals surface area contributed by atoms with Crippen molar-refractivity contribution in [3.63, 3.8) is 0 Å². The fourth-order valence-corrected chi connectivity index (χ4v) is 3.58. The van der Waals surface area contributed by atoms with Crippen molar-refractivity contribution in [3.8, 4) is 0 Å². The van der Waals surface area contributed by atoms with Crippen molar-refractivity contribution in [2.45, 2.75) is 45.3 Å². The number of hydrogen-bond acceptors (Lipinski definition) is 7. The molecule has 0 aliphatic carbocycles. The Balaban J connectivity index is 1.78. The highest BCUT2D eigenvalue weighted by molar-refractivity contribution is 6.30. The molecule has 3 rings (SSSR count). The number of fused-ring (bicyclic) bond motifs is 1. The molecule has 3 heterocycles. The molecule has 9 heteroatoms.